The third kappa shape index (κ3) is 3.88. The predicted octanol–water partition coefficient (Wildman–Crippen LogP) is 2.58. The van der Waals surface area contributed by atoms with Gasteiger partial charge in [-0.2, -0.15) is 0 Å². The van der Waals surface area contributed by atoms with Gasteiger partial charge >= 0.3 is 0 Å². The van der Waals surface area contributed by atoms with Crippen molar-refractivity contribution in [2.75, 3.05) is 13.7 Å². The number of methoxy groups -OCH3 is 1. The molecule has 5 heteroatoms. The Morgan fingerprint density at radius 1 is 1.16 bits per heavy atom. The quantitative estimate of drug-likeness (QED) is 0.748. The van der Waals surface area contributed by atoms with Crippen molar-refractivity contribution in [2.24, 2.45) is 0 Å². The lowest BCUT2D eigenvalue weighted by Crippen LogP contribution is -2.24. The standard InChI is InChI=1S/C20H15NO4/c1-24-15-10-8-14(9-11-15)5-4-12-21-20(23)19-13-17(22)16-6-2-3-7-18(16)25-19/h2-3,6-11,13H,12H2,1H3,(H,21,23). The van der Waals surface area contributed by atoms with E-state index < -0.39 is 5.91 Å². The molecule has 0 fully saturated rings. The fourth-order valence-corrected chi connectivity index (χ4v) is 2.25. The maximum atomic E-state index is 12.1. The summed E-state index contributed by atoms with van der Waals surface area (Å²) in [7, 11) is 1.60. The fraction of sp³-hybridized carbons (Fsp3) is 0.100. The zero-order chi connectivity index (χ0) is 17.6. The zero-order valence-electron chi connectivity index (χ0n) is 13.5. The van der Waals surface area contributed by atoms with Crippen molar-refractivity contribution >= 4 is 16.9 Å². The molecule has 0 atom stereocenters. The van der Waals surface area contributed by atoms with Crippen molar-refractivity contribution in [2.45, 2.75) is 0 Å². The predicted molar refractivity (Wildman–Crippen MR) is 94.7 cm³/mol. The Kier molecular flexibility index (Phi) is 4.82. The summed E-state index contributed by atoms with van der Waals surface area (Å²) in [5.41, 5.74) is 0.938. The molecule has 0 aliphatic heterocycles. The lowest BCUT2D eigenvalue weighted by atomic mass is 10.2. The zero-order valence-corrected chi connectivity index (χ0v) is 13.5. The van der Waals surface area contributed by atoms with Gasteiger partial charge < -0.3 is 14.5 Å². The van der Waals surface area contributed by atoms with Crippen LogP contribution in [0.25, 0.3) is 11.0 Å². The molecular formula is C20H15NO4. The SMILES string of the molecule is COc1ccc(C#CCNC(=O)c2cc(=O)c3ccccc3o2)cc1. The largest absolute Gasteiger partial charge is 0.497 e. The molecule has 1 heterocycles. The summed E-state index contributed by atoms with van der Waals surface area (Å²) in [5.74, 6) is 6.02. The van der Waals surface area contributed by atoms with Gasteiger partial charge in [-0.15, -0.1) is 0 Å². The van der Waals surface area contributed by atoms with Crippen LogP contribution in [0, 0.1) is 11.8 Å². The van der Waals surface area contributed by atoms with Crippen molar-refractivity contribution in [3.8, 4) is 17.6 Å². The molecule has 124 valence electrons. The molecule has 0 saturated heterocycles. The number of hydrogen-bond donors (Lipinski definition) is 1. The van der Waals surface area contributed by atoms with Gasteiger partial charge in [-0.25, -0.2) is 0 Å². The molecular weight excluding hydrogens is 318 g/mol. The van der Waals surface area contributed by atoms with E-state index in [1.807, 2.05) is 24.3 Å². The van der Waals surface area contributed by atoms with Crippen LogP contribution in [-0.2, 0) is 0 Å². The van der Waals surface area contributed by atoms with Crippen molar-refractivity contribution in [1.82, 2.24) is 5.32 Å². The second-order valence-corrected chi connectivity index (χ2v) is 5.18. The summed E-state index contributed by atoms with van der Waals surface area (Å²) < 4.78 is 10.5. The first kappa shape index (κ1) is 16.3. The molecule has 0 bridgehead atoms. The molecule has 2 aromatic carbocycles. The normalized spacial score (nSPS) is 9.96. The van der Waals surface area contributed by atoms with Gasteiger partial charge in [-0.05, 0) is 36.4 Å². The number of rotatable bonds is 3. The molecule has 1 amide bonds. The molecule has 0 radical (unpaired) electrons. The highest BCUT2D eigenvalue weighted by atomic mass is 16.5. The Morgan fingerprint density at radius 2 is 1.92 bits per heavy atom. The fourth-order valence-electron chi connectivity index (χ4n) is 2.25. The Morgan fingerprint density at radius 3 is 2.68 bits per heavy atom. The van der Waals surface area contributed by atoms with Gasteiger partial charge in [-0.1, -0.05) is 24.0 Å². The van der Waals surface area contributed by atoms with Crippen LogP contribution in [0.3, 0.4) is 0 Å². The minimum absolute atomic E-state index is 0.0325. The van der Waals surface area contributed by atoms with Crippen LogP contribution >= 0.6 is 0 Å². The van der Waals surface area contributed by atoms with E-state index in [9.17, 15) is 9.59 Å². The molecule has 0 saturated carbocycles. The van der Waals surface area contributed by atoms with Gasteiger partial charge in [-0.3, -0.25) is 9.59 Å². The maximum absolute atomic E-state index is 12.1. The molecule has 0 aliphatic rings. The highest BCUT2D eigenvalue weighted by Crippen LogP contribution is 2.11. The molecule has 5 nitrogen and oxygen atoms in total. The number of carbonyl (C=O) groups is 1. The Bertz CT molecular complexity index is 1020. The van der Waals surface area contributed by atoms with E-state index in [0.29, 0.717) is 11.0 Å². The van der Waals surface area contributed by atoms with E-state index in [1.54, 1.807) is 31.4 Å². The van der Waals surface area contributed by atoms with Crippen LogP contribution in [0.5, 0.6) is 5.75 Å². The first-order valence-corrected chi connectivity index (χ1v) is 7.61. The number of amides is 1. The monoisotopic (exact) mass is 333 g/mol. The van der Waals surface area contributed by atoms with E-state index in [0.717, 1.165) is 11.3 Å². The van der Waals surface area contributed by atoms with Gasteiger partial charge in [0.2, 0.25) is 0 Å². The summed E-state index contributed by atoms with van der Waals surface area (Å²) in [4.78, 5) is 24.1. The third-order valence-electron chi connectivity index (χ3n) is 3.52. The van der Waals surface area contributed by atoms with Crippen LogP contribution in [0.15, 0.2) is 63.8 Å². The molecule has 3 rings (SSSR count). The van der Waals surface area contributed by atoms with Crippen LogP contribution in [0.4, 0.5) is 0 Å². The van der Waals surface area contributed by atoms with E-state index in [-0.39, 0.29) is 17.7 Å². The number of carbonyl (C=O) groups excluding carboxylic acids is 1. The Labute approximate surface area is 144 Å². The summed E-state index contributed by atoms with van der Waals surface area (Å²) in [5, 5.41) is 3.06. The summed E-state index contributed by atoms with van der Waals surface area (Å²) in [6, 6.07) is 15.3. The summed E-state index contributed by atoms with van der Waals surface area (Å²) in [6.07, 6.45) is 0. The number of fused-ring (bicyclic) bond motifs is 1. The highest BCUT2D eigenvalue weighted by Gasteiger charge is 2.10. The summed E-state index contributed by atoms with van der Waals surface area (Å²) in [6.45, 7) is 0.140. The Balaban J connectivity index is 1.67. The van der Waals surface area contributed by atoms with Crippen LogP contribution in [0.2, 0.25) is 0 Å². The first-order valence-electron chi connectivity index (χ1n) is 7.61. The molecule has 1 aromatic heterocycles. The summed E-state index contributed by atoms with van der Waals surface area (Å²) >= 11 is 0. The topological polar surface area (TPSA) is 68.5 Å². The number of ether oxygens (including phenoxy) is 1. The lowest BCUT2D eigenvalue weighted by molar-refractivity contribution is 0.0931. The molecule has 25 heavy (non-hydrogen) atoms. The Hall–Kier alpha value is -3.52. The van der Waals surface area contributed by atoms with Crippen molar-refractivity contribution < 1.29 is 13.9 Å². The molecule has 0 spiro atoms. The van der Waals surface area contributed by atoms with Crippen LogP contribution in [0.1, 0.15) is 16.1 Å². The van der Waals surface area contributed by atoms with Gasteiger partial charge in [0.05, 0.1) is 19.0 Å². The van der Waals surface area contributed by atoms with E-state index in [4.69, 9.17) is 9.15 Å². The van der Waals surface area contributed by atoms with Crippen molar-refractivity contribution in [3.63, 3.8) is 0 Å². The third-order valence-corrected chi connectivity index (χ3v) is 3.52. The molecule has 0 aliphatic carbocycles. The van der Waals surface area contributed by atoms with Gasteiger partial charge in [0.25, 0.3) is 5.91 Å². The van der Waals surface area contributed by atoms with E-state index >= 15 is 0 Å². The molecule has 3 aromatic rings. The second kappa shape index (κ2) is 7.37. The van der Waals surface area contributed by atoms with E-state index in [1.165, 1.54) is 6.07 Å². The number of benzene rings is 2. The highest BCUT2D eigenvalue weighted by molar-refractivity contribution is 5.93. The van der Waals surface area contributed by atoms with Gasteiger partial charge in [0.15, 0.2) is 11.2 Å². The lowest BCUT2D eigenvalue weighted by Gasteiger charge is -2.02. The first-order chi connectivity index (χ1) is 12.2. The average molecular weight is 333 g/mol. The number of para-hydroxylation sites is 1. The van der Waals surface area contributed by atoms with Crippen LogP contribution in [-0.4, -0.2) is 19.6 Å². The van der Waals surface area contributed by atoms with Crippen molar-refractivity contribution in [3.05, 3.63) is 76.1 Å². The van der Waals surface area contributed by atoms with E-state index in [2.05, 4.69) is 17.2 Å². The molecule has 0 unspecified atom stereocenters. The maximum Gasteiger partial charge on any atom is 0.287 e. The van der Waals surface area contributed by atoms with Gasteiger partial charge in [0, 0.05) is 11.6 Å². The van der Waals surface area contributed by atoms with Crippen molar-refractivity contribution in [1.29, 1.82) is 0 Å². The number of hydrogen-bond acceptors (Lipinski definition) is 4. The molecule has 1 N–H and O–H groups in total. The smallest absolute Gasteiger partial charge is 0.287 e. The van der Waals surface area contributed by atoms with Crippen LogP contribution < -0.4 is 15.5 Å². The second-order valence-electron chi connectivity index (χ2n) is 5.18. The minimum Gasteiger partial charge on any atom is -0.497 e. The minimum atomic E-state index is -0.480. The average Bonchev–Trinajstić information content (AvgIpc) is 2.65. The number of nitrogens with one attached hydrogen (secondary N) is 1. The van der Waals surface area contributed by atoms with Gasteiger partial charge in [0.1, 0.15) is 11.3 Å².